The highest BCUT2D eigenvalue weighted by Crippen LogP contribution is 2.15. The molecule has 10 heteroatoms. The van der Waals surface area contributed by atoms with E-state index < -0.39 is 61.3 Å². The molecule has 0 saturated carbocycles. The first-order chi connectivity index (χ1) is 18.3. The average Bonchev–Trinajstić information content (AvgIpc) is 2.88. The van der Waals surface area contributed by atoms with Gasteiger partial charge >= 0.3 is 11.9 Å². The maximum atomic E-state index is 12.7. The summed E-state index contributed by atoms with van der Waals surface area (Å²) in [6.07, 6.45) is 12.4. The standard InChI is InChI=1S/C28H48N2O8/c1-3-5-7-9-10-12-14-16-22-18-26(34)30-23(19-31)27(35)37-21(15-13-11-8-6-4-2)17-25(33)29-24(20-32)28(36)38-22/h12,14,21-24,31-32H,3-11,13,15-20H2,1-2H3,(H,29,33)(H,30,34)/t21-,22-,23+,24+/m1/s1. The quantitative estimate of drug-likeness (QED) is 0.141. The SMILES string of the molecule is CCCCCCC=CC[C@@H]1CC(=O)N[C@@H](CO)C(=O)O[C@H](CCCCCCC)CC(=O)N[C@@H](CO)C(=O)O1. The summed E-state index contributed by atoms with van der Waals surface area (Å²) >= 11 is 0. The van der Waals surface area contributed by atoms with E-state index in [2.05, 4.69) is 24.5 Å². The lowest BCUT2D eigenvalue weighted by Gasteiger charge is -2.25. The van der Waals surface area contributed by atoms with Crippen LogP contribution in [-0.2, 0) is 28.7 Å². The van der Waals surface area contributed by atoms with Crippen molar-refractivity contribution in [3.05, 3.63) is 12.2 Å². The second kappa shape index (κ2) is 20.5. The maximum Gasteiger partial charge on any atom is 0.331 e. The van der Waals surface area contributed by atoms with Gasteiger partial charge in [0.25, 0.3) is 0 Å². The van der Waals surface area contributed by atoms with Crippen LogP contribution in [-0.4, -0.2) is 71.5 Å². The molecule has 1 saturated heterocycles. The van der Waals surface area contributed by atoms with E-state index in [0.29, 0.717) is 6.42 Å². The summed E-state index contributed by atoms with van der Waals surface area (Å²) < 4.78 is 11.0. The number of aliphatic hydroxyl groups is 2. The second-order valence-corrected chi connectivity index (χ2v) is 9.89. The molecule has 0 aromatic carbocycles. The topological polar surface area (TPSA) is 151 Å². The summed E-state index contributed by atoms with van der Waals surface area (Å²) in [5.74, 6) is -2.84. The molecular weight excluding hydrogens is 492 g/mol. The van der Waals surface area contributed by atoms with Crippen LogP contribution in [0.15, 0.2) is 12.2 Å². The highest BCUT2D eigenvalue weighted by molar-refractivity contribution is 5.87. The van der Waals surface area contributed by atoms with Gasteiger partial charge in [-0.1, -0.05) is 70.9 Å². The minimum absolute atomic E-state index is 0.223. The van der Waals surface area contributed by atoms with Gasteiger partial charge in [0, 0.05) is 6.42 Å². The fraction of sp³-hybridized carbons (Fsp3) is 0.786. The van der Waals surface area contributed by atoms with Crippen molar-refractivity contribution in [2.24, 2.45) is 0 Å². The zero-order chi connectivity index (χ0) is 28.2. The van der Waals surface area contributed by atoms with Gasteiger partial charge < -0.3 is 30.3 Å². The Bertz CT molecular complexity index is 742. The number of aliphatic hydroxyl groups excluding tert-OH is 2. The van der Waals surface area contributed by atoms with E-state index >= 15 is 0 Å². The number of rotatable bonds is 15. The van der Waals surface area contributed by atoms with Crippen LogP contribution >= 0.6 is 0 Å². The Hall–Kier alpha value is -2.46. The van der Waals surface area contributed by atoms with Crippen molar-refractivity contribution in [3.63, 3.8) is 0 Å². The van der Waals surface area contributed by atoms with E-state index in [1.165, 1.54) is 0 Å². The fourth-order valence-corrected chi connectivity index (χ4v) is 4.18. The van der Waals surface area contributed by atoms with Crippen molar-refractivity contribution in [2.75, 3.05) is 13.2 Å². The lowest BCUT2D eigenvalue weighted by atomic mass is 10.1. The van der Waals surface area contributed by atoms with E-state index in [4.69, 9.17) is 9.47 Å². The summed E-state index contributed by atoms with van der Waals surface area (Å²) in [7, 11) is 0. The van der Waals surface area contributed by atoms with E-state index in [0.717, 1.165) is 64.2 Å². The lowest BCUT2D eigenvalue weighted by Crippen LogP contribution is -2.49. The van der Waals surface area contributed by atoms with Crippen molar-refractivity contribution in [3.8, 4) is 0 Å². The first-order valence-electron chi connectivity index (χ1n) is 14.2. The number of carbonyl (C=O) groups is 4. The van der Waals surface area contributed by atoms with E-state index in [-0.39, 0.29) is 19.3 Å². The second-order valence-electron chi connectivity index (χ2n) is 9.89. The van der Waals surface area contributed by atoms with Gasteiger partial charge in [-0.15, -0.1) is 0 Å². The van der Waals surface area contributed by atoms with Gasteiger partial charge in [-0.25, -0.2) is 9.59 Å². The summed E-state index contributed by atoms with van der Waals surface area (Å²) in [5, 5.41) is 24.3. The van der Waals surface area contributed by atoms with Crippen LogP contribution in [0.2, 0.25) is 0 Å². The van der Waals surface area contributed by atoms with E-state index in [9.17, 15) is 29.4 Å². The number of cyclic esters (lactones) is 2. The zero-order valence-corrected chi connectivity index (χ0v) is 23.1. The molecule has 0 spiro atoms. The van der Waals surface area contributed by atoms with Crippen LogP contribution in [0.4, 0.5) is 0 Å². The van der Waals surface area contributed by atoms with Gasteiger partial charge in [0.05, 0.1) is 26.1 Å². The number of ether oxygens (including phenoxy) is 2. The molecule has 4 N–H and O–H groups in total. The summed E-state index contributed by atoms with van der Waals surface area (Å²) in [6.45, 7) is 2.89. The third-order valence-corrected chi connectivity index (χ3v) is 6.42. The fourth-order valence-electron chi connectivity index (χ4n) is 4.18. The molecule has 218 valence electrons. The molecule has 0 bridgehead atoms. The molecule has 0 aliphatic carbocycles. The number of allylic oxidation sites excluding steroid dienone is 1. The van der Waals surface area contributed by atoms with E-state index in [1.54, 1.807) is 0 Å². The van der Waals surface area contributed by atoms with Crippen molar-refractivity contribution >= 4 is 23.8 Å². The normalized spacial score (nSPS) is 23.9. The molecule has 0 radical (unpaired) electrons. The van der Waals surface area contributed by atoms with Gasteiger partial charge in [0.15, 0.2) is 12.1 Å². The maximum absolute atomic E-state index is 12.7. The van der Waals surface area contributed by atoms with Crippen molar-refractivity contribution in [1.82, 2.24) is 10.6 Å². The molecule has 1 aliphatic heterocycles. The molecule has 4 atom stereocenters. The highest BCUT2D eigenvalue weighted by atomic mass is 16.6. The monoisotopic (exact) mass is 540 g/mol. The number of unbranched alkanes of at least 4 members (excludes halogenated alkanes) is 8. The number of hydrogen-bond acceptors (Lipinski definition) is 8. The smallest absolute Gasteiger partial charge is 0.331 e. The molecule has 1 rings (SSSR count). The Labute approximate surface area is 226 Å². The Morgan fingerprint density at radius 2 is 1.21 bits per heavy atom. The van der Waals surface area contributed by atoms with Crippen molar-refractivity contribution < 1.29 is 38.9 Å². The van der Waals surface area contributed by atoms with Crippen LogP contribution < -0.4 is 10.6 Å². The Morgan fingerprint density at radius 1 is 0.711 bits per heavy atom. The Kier molecular flexibility index (Phi) is 18.1. The number of carbonyl (C=O) groups excluding carboxylic acids is 4. The van der Waals surface area contributed by atoms with Gasteiger partial charge in [-0.2, -0.15) is 0 Å². The lowest BCUT2D eigenvalue weighted by molar-refractivity contribution is -0.160. The van der Waals surface area contributed by atoms with Crippen LogP contribution in [0, 0.1) is 0 Å². The van der Waals surface area contributed by atoms with Gasteiger partial charge in [0.1, 0.15) is 12.2 Å². The van der Waals surface area contributed by atoms with E-state index in [1.807, 2.05) is 12.2 Å². The summed E-state index contributed by atoms with van der Waals surface area (Å²) in [5.41, 5.74) is 0. The molecule has 0 unspecified atom stereocenters. The van der Waals surface area contributed by atoms with Crippen LogP contribution in [0.25, 0.3) is 0 Å². The molecule has 0 aromatic rings. The largest absolute Gasteiger partial charge is 0.460 e. The van der Waals surface area contributed by atoms with Crippen LogP contribution in [0.3, 0.4) is 0 Å². The van der Waals surface area contributed by atoms with Crippen molar-refractivity contribution in [1.29, 1.82) is 0 Å². The molecule has 10 nitrogen and oxygen atoms in total. The minimum atomic E-state index is -1.31. The number of hydrogen-bond donors (Lipinski definition) is 4. The molecule has 1 fully saturated rings. The summed E-state index contributed by atoms with van der Waals surface area (Å²) in [4.78, 5) is 50.8. The molecule has 38 heavy (non-hydrogen) atoms. The zero-order valence-electron chi connectivity index (χ0n) is 23.1. The first kappa shape index (κ1) is 33.6. The Morgan fingerprint density at radius 3 is 1.76 bits per heavy atom. The highest BCUT2D eigenvalue weighted by Gasteiger charge is 2.31. The number of esters is 2. The predicted octanol–water partition coefficient (Wildman–Crippen LogP) is 2.84. The molecular formula is C28H48N2O8. The minimum Gasteiger partial charge on any atom is -0.460 e. The molecule has 2 amide bonds. The van der Waals surface area contributed by atoms with Gasteiger partial charge in [0.2, 0.25) is 11.8 Å². The average molecular weight is 541 g/mol. The third-order valence-electron chi connectivity index (χ3n) is 6.42. The van der Waals surface area contributed by atoms with Crippen LogP contribution in [0.5, 0.6) is 0 Å². The predicted molar refractivity (Wildman–Crippen MR) is 143 cm³/mol. The number of nitrogens with one attached hydrogen (secondary N) is 2. The Balaban J connectivity index is 2.95. The molecule has 1 heterocycles. The number of amides is 2. The first-order valence-corrected chi connectivity index (χ1v) is 14.2. The van der Waals surface area contributed by atoms with Gasteiger partial charge in [-0.05, 0) is 25.7 Å². The molecule has 1 aliphatic rings. The molecule has 0 aromatic heterocycles. The van der Waals surface area contributed by atoms with Gasteiger partial charge in [-0.3, -0.25) is 9.59 Å². The van der Waals surface area contributed by atoms with Crippen molar-refractivity contribution in [2.45, 2.75) is 128 Å². The summed E-state index contributed by atoms with van der Waals surface area (Å²) in [6, 6.07) is -2.60. The van der Waals surface area contributed by atoms with Crippen LogP contribution in [0.1, 0.15) is 104 Å². The third kappa shape index (κ3) is 14.5.